The van der Waals surface area contributed by atoms with Gasteiger partial charge in [0, 0.05) is 45.2 Å². The minimum atomic E-state index is -0.449. The topological polar surface area (TPSA) is 70.2 Å². The van der Waals surface area contributed by atoms with E-state index in [0.717, 1.165) is 12.8 Å². The molecular weight excluding hydrogens is 274 g/mol. The summed E-state index contributed by atoms with van der Waals surface area (Å²) in [5.74, 6) is -0.473. The van der Waals surface area contributed by atoms with Crippen molar-refractivity contribution >= 4 is 17.7 Å². The lowest BCUT2D eigenvalue weighted by Gasteiger charge is -2.36. The van der Waals surface area contributed by atoms with Gasteiger partial charge in [0.1, 0.15) is 0 Å². The van der Waals surface area contributed by atoms with Crippen LogP contribution in [0.25, 0.3) is 0 Å². The number of piperazine rings is 1. The van der Waals surface area contributed by atoms with Gasteiger partial charge in [0.05, 0.1) is 13.2 Å². The first-order valence-corrected chi connectivity index (χ1v) is 7.61. The summed E-state index contributed by atoms with van der Waals surface area (Å²) >= 11 is 0. The van der Waals surface area contributed by atoms with E-state index < -0.39 is 11.8 Å². The van der Waals surface area contributed by atoms with Crippen molar-refractivity contribution in [2.24, 2.45) is 5.92 Å². The van der Waals surface area contributed by atoms with Crippen molar-refractivity contribution in [2.75, 3.05) is 52.5 Å². The first kappa shape index (κ1) is 14.3. The molecule has 0 aromatic heterocycles. The molecule has 3 aliphatic rings. The Balaban J connectivity index is 1.49. The Bertz CT molecular complexity index is 436. The van der Waals surface area contributed by atoms with Crippen LogP contribution in [0.5, 0.6) is 0 Å². The number of carbonyl (C=O) groups is 3. The highest BCUT2D eigenvalue weighted by Gasteiger charge is 2.36. The van der Waals surface area contributed by atoms with Crippen LogP contribution in [-0.2, 0) is 19.1 Å². The summed E-state index contributed by atoms with van der Waals surface area (Å²) in [6, 6.07) is 0. The maximum absolute atomic E-state index is 12.2. The van der Waals surface area contributed by atoms with Crippen LogP contribution in [-0.4, -0.2) is 84.9 Å². The fraction of sp³-hybridized carbons (Fsp3) is 0.786. The highest BCUT2D eigenvalue weighted by molar-refractivity contribution is 6.34. The molecule has 3 rings (SSSR count). The SMILES string of the molecule is O=C(C(=O)N1CCN(C(=O)C2CC2)CC1)N1CCOCC1. The number of nitrogens with zero attached hydrogens (tertiary/aromatic N) is 3. The van der Waals surface area contributed by atoms with E-state index in [4.69, 9.17) is 4.74 Å². The van der Waals surface area contributed by atoms with Crippen molar-refractivity contribution in [3.8, 4) is 0 Å². The van der Waals surface area contributed by atoms with E-state index in [2.05, 4.69) is 0 Å². The molecule has 3 amide bonds. The Morgan fingerprint density at radius 3 is 1.71 bits per heavy atom. The minimum Gasteiger partial charge on any atom is -0.378 e. The van der Waals surface area contributed by atoms with Gasteiger partial charge in [-0.25, -0.2) is 0 Å². The normalized spacial score (nSPS) is 23.1. The van der Waals surface area contributed by atoms with Gasteiger partial charge in [-0.15, -0.1) is 0 Å². The van der Waals surface area contributed by atoms with E-state index >= 15 is 0 Å². The molecule has 0 aromatic carbocycles. The second-order valence-corrected chi connectivity index (χ2v) is 5.80. The van der Waals surface area contributed by atoms with Crippen molar-refractivity contribution in [3.63, 3.8) is 0 Å². The number of ether oxygens (including phenoxy) is 1. The maximum Gasteiger partial charge on any atom is 0.312 e. The van der Waals surface area contributed by atoms with Crippen LogP contribution in [0, 0.1) is 5.92 Å². The molecule has 0 spiro atoms. The summed E-state index contributed by atoms with van der Waals surface area (Å²) < 4.78 is 5.18. The smallest absolute Gasteiger partial charge is 0.312 e. The van der Waals surface area contributed by atoms with Gasteiger partial charge in [-0.05, 0) is 12.8 Å². The summed E-state index contributed by atoms with van der Waals surface area (Å²) in [6.45, 7) is 3.91. The Morgan fingerprint density at radius 1 is 0.714 bits per heavy atom. The molecule has 7 nitrogen and oxygen atoms in total. The van der Waals surface area contributed by atoms with Crippen LogP contribution in [0.15, 0.2) is 0 Å². The summed E-state index contributed by atoms with van der Waals surface area (Å²) in [7, 11) is 0. The minimum absolute atomic E-state index is 0.210. The van der Waals surface area contributed by atoms with Gasteiger partial charge in [-0.3, -0.25) is 14.4 Å². The van der Waals surface area contributed by atoms with Crippen LogP contribution in [0.3, 0.4) is 0 Å². The molecule has 0 aromatic rings. The van der Waals surface area contributed by atoms with Gasteiger partial charge < -0.3 is 19.4 Å². The Hall–Kier alpha value is -1.63. The van der Waals surface area contributed by atoms with Crippen molar-refractivity contribution < 1.29 is 19.1 Å². The van der Waals surface area contributed by atoms with Gasteiger partial charge in [0.2, 0.25) is 5.91 Å². The van der Waals surface area contributed by atoms with Crippen LogP contribution in [0.4, 0.5) is 0 Å². The maximum atomic E-state index is 12.2. The second kappa shape index (κ2) is 6.01. The molecule has 3 fully saturated rings. The molecular formula is C14H21N3O4. The summed E-state index contributed by atoms with van der Waals surface area (Å²) in [6.07, 6.45) is 1.99. The van der Waals surface area contributed by atoms with E-state index in [1.165, 1.54) is 0 Å². The molecule has 116 valence electrons. The van der Waals surface area contributed by atoms with Gasteiger partial charge in [-0.1, -0.05) is 0 Å². The van der Waals surface area contributed by atoms with Gasteiger partial charge >= 0.3 is 11.8 Å². The van der Waals surface area contributed by atoms with Crippen molar-refractivity contribution in [2.45, 2.75) is 12.8 Å². The van der Waals surface area contributed by atoms with E-state index in [0.29, 0.717) is 52.5 Å². The third-order valence-electron chi connectivity index (χ3n) is 4.29. The van der Waals surface area contributed by atoms with E-state index in [1.54, 1.807) is 9.80 Å². The lowest BCUT2D eigenvalue weighted by Crippen LogP contribution is -2.55. The van der Waals surface area contributed by atoms with Gasteiger partial charge in [-0.2, -0.15) is 0 Å². The summed E-state index contributed by atoms with van der Waals surface area (Å²) in [4.78, 5) is 41.2. The van der Waals surface area contributed by atoms with Crippen molar-refractivity contribution in [1.29, 1.82) is 0 Å². The lowest BCUT2D eigenvalue weighted by atomic mass is 10.2. The molecule has 0 unspecified atom stereocenters. The van der Waals surface area contributed by atoms with Gasteiger partial charge in [0.25, 0.3) is 0 Å². The van der Waals surface area contributed by atoms with E-state index in [1.807, 2.05) is 4.90 Å². The van der Waals surface area contributed by atoms with Gasteiger partial charge in [0.15, 0.2) is 0 Å². The molecule has 21 heavy (non-hydrogen) atoms. The van der Waals surface area contributed by atoms with E-state index in [9.17, 15) is 14.4 Å². The Labute approximate surface area is 123 Å². The standard InChI is InChI=1S/C14H21N3O4/c18-12(11-1-2-11)15-3-5-16(6-4-15)13(19)14(20)17-7-9-21-10-8-17/h11H,1-10H2. The van der Waals surface area contributed by atoms with Crippen LogP contribution in [0.1, 0.15) is 12.8 Å². The summed E-state index contributed by atoms with van der Waals surface area (Å²) in [5.41, 5.74) is 0. The number of rotatable bonds is 1. The number of hydrogen-bond acceptors (Lipinski definition) is 4. The molecule has 1 aliphatic carbocycles. The molecule has 0 radical (unpaired) electrons. The first-order chi connectivity index (χ1) is 10.2. The monoisotopic (exact) mass is 295 g/mol. The molecule has 7 heteroatoms. The second-order valence-electron chi connectivity index (χ2n) is 5.80. The summed E-state index contributed by atoms with van der Waals surface area (Å²) in [5, 5.41) is 0. The lowest BCUT2D eigenvalue weighted by molar-refractivity contribution is -0.155. The number of amides is 3. The van der Waals surface area contributed by atoms with Crippen LogP contribution < -0.4 is 0 Å². The average molecular weight is 295 g/mol. The van der Waals surface area contributed by atoms with Crippen molar-refractivity contribution in [3.05, 3.63) is 0 Å². The fourth-order valence-electron chi connectivity index (χ4n) is 2.76. The van der Waals surface area contributed by atoms with E-state index in [-0.39, 0.29) is 11.8 Å². The molecule has 2 aliphatic heterocycles. The van der Waals surface area contributed by atoms with Crippen LogP contribution >= 0.6 is 0 Å². The highest BCUT2D eigenvalue weighted by Crippen LogP contribution is 2.31. The zero-order valence-electron chi connectivity index (χ0n) is 12.1. The van der Waals surface area contributed by atoms with Crippen LogP contribution in [0.2, 0.25) is 0 Å². The predicted molar refractivity (Wildman–Crippen MR) is 73.3 cm³/mol. The molecule has 1 saturated carbocycles. The Morgan fingerprint density at radius 2 is 1.19 bits per heavy atom. The quantitative estimate of drug-likeness (QED) is 0.577. The molecule has 2 saturated heterocycles. The third-order valence-corrected chi connectivity index (χ3v) is 4.29. The third kappa shape index (κ3) is 3.18. The molecule has 2 heterocycles. The fourth-order valence-corrected chi connectivity index (χ4v) is 2.76. The molecule has 0 atom stereocenters. The first-order valence-electron chi connectivity index (χ1n) is 7.61. The number of hydrogen-bond donors (Lipinski definition) is 0. The highest BCUT2D eigenvalue weighted by atomic mass is 16.5. The predicted octanol–water partition coefficient (Wildman–Crippen LogP) is -1.07. The molecule has 0 N–H and O–H groups in total. The Kier molecular flexibility index (Phi) is 4.10. The zero-order chi connectivity index (χ0) is 14.8. The van der Waals surface area contributed by atoms with Crippen molar-refractivity contribution in [1.82, 2.24) is 14.7 Å². The number of carbonyl (C=O) groups excluding carboxylic acids is 3. The largest absolute Gasteiger partial charge is 0.378 e. The zero-order valence-corrected chi connectivity index (χ0v) is 12.1. The average Bonchev–Trinajstić information content (AvgIpc) is 3.39. The number of morpholine rings is 1. The molecule has 0 bridgehead atoms.